The zero-order valence-corrected chi connectivity index (χ0v) is 11.3. The Morgan fingerprint density at radius 3 is 2.47 bits per heavy atom. The third kappa shape index (κ3) is 3.47. The number of nitrogens with zero attached hydrogens (tertiary/aromatic N) is 1. The summed E-state index contributed by atoms with van der Waals surface area (Å²) >= 11 is 7.29. The molecule has 0 aromatic heterocycles. The van der Waals surface area contributed by atoms with E-state index in [0.717, 1.165) is 15.4 Å². The van der Waals surface area contributed by atoms with E-state index in [-0.39, 0.29) is 12.3 Å². The fourth-order valence-electron chi connectivity index (χ4n) is 1.53. The Hall–Kier alpha value is -1.56. The van der Waals surface area contributed by atoms with Crippen LogP contribution in [0.5, 0.6) is 0 Å². The average Bonchev–Trinajstić information content (AvgIpc) is 2.41. The lowest BCUT2D eigenvalue weighted by Crippen LogP contribution is -1.88. The van der Waals surface area contributed by atoms with E-state index in [4.69, 9.17) is 11.6 Å². The maximum Gasteiger partial charge on any atom is 0.269 e. The summed E-state index contributed by atoms with van der Waals surface area (Å²) in [7, 11) is 0. The maximum absolute atomic E-state index is 10.6. The summed E-state index contributed by atoms with van der Waals surface area (Å²) in [5.41, 5.74) is 0.790. The SMILES string of the molecule is O=[N+]([O-])c1ccc(Sc2ccc(Cl)cc2CO)cc1. The van der Waals surface area contributed by atoms with Gasteiger partial charge in [-0.05, 0) is 35.9 Å². The van der Waals surface area contributed by atoms with Crippen molar-refractivity contribution < 1.29 is 10.0 Å². The largest absolute Gasteiger partial charge is 0.392 e. The van der Waals surface area contributed by atoms with E-state index in [1.807, 2.05) is 6.07 Å². The van der Waals surface area contributed by atoms with Gasteiger partial charge in [0.1, 0.15) is 0 Å². The van der Waals surface area contributed by atoms with Crippen molar-refractivity contribution in [3.8, 4) is 0 Å². The van der Waals surface area contributed by atoms with Gasteiger partial charge in [0.2, 0.25) is 0 Å². The number of halogens is 1. The molecule has 4 nitrogen and oxygen atoms in total. The summed E-state index contributed by atoms with van der Waals surface area (Å²) in [5.74, 6) is 0. The second kappa shape index (κ2) is 6.06. The number of aliphatic hydroxyl groups excluding tert-OH is 1. The fourth-order valence-corrected chi connectivity index (χ4v) is 2.65. The monoisotopic (exact) mass is 295 g/mol. The van der Waals surface area contributed by atoms with Crippen molar-refractivity contribution in [3.63, 3.8) is 0 Å². The van der Waals surface area contributed by atoms with Crippen LogP contribution in [0.25, 0.3) is 0 Å². The Labute approximate surface area is 119 Å². The predicted molar refractivity (Wildman–Crippen MR) is 74.6 cm³/mol. The smallest absolute Gasteiger partial charge is 0.269 e. The van der Waals surface area contributed by atoms with Crippen molar-refractivity contribution in [2.75, 3.05) is 0 Å². The normalized spacial score (nSPS) is 10.4. The van der Waals surface area contributed by atoms with Gasteiger partial charge in [0.15, 0.2) is 0 Å². The highest BCUT2D eigenvalue weighted by Crippen LogP contribution is 2.32. The highest BCUT2D eigenvalue weighted by molar-refractivity contribution is 7.99. The molecule has 0 heterocycles. The van der Waals surface area contributed by atoms with Crippen LogP contribution in [-0.2, 0) is 6.61 Å². The zero-order chi connectivity index (χ0) is 13.8. The average molecular weight is 296 g/mol. The molecule has 6 heteroatoms. The van der Waals surface area contributed by atoms with Gasteiger partial charge in [-0.2, -0.15) is 0 Å². The van der Waals surface area contributed by atoms with Crippen molar-refractivity contribution >= 4 is 29.1 Å². The topological polar surface area (TPSA) is 63.4 Å². The zero-order valence-electron chi connectivity index (χ0n) is 9.75. The van der Waals surface area contributed by atoms with E-state index in [1.54, 1.807) is 24.3 Å². The molecule has 0 aliphatic heterocycles. The van der Waals surface area contributed by atoms with Gasteiger partial charge in [-0.3, -0.25) is 10.1 Å². The number of hydrogen-bond acceptors (Lipinski definition) is 4. The molecule has 19 heavy (non-hydrogen) atoms. The van der Waals surface area contributed by atoms with Crippen molar-refractivity contribution in [1.29, 1.82) is 0 Å². The summed E-state index contributed by atoms with van der Waals surface area (Å²) in [6.45, 7) is -0.101. The molecular formula is C13H10ClNO3S. The summed E-state index contributed by atoms with van der Waals surface area (Å²) < 4.78 is 0. The minimum Gasteiger partial charge on any atom is -0.392 e. The van der Waals surface area contributed by atoms with Crippen LogP contribution < -0.4 is 0 Å². The number of rotatable bonds is 4. The van der Waals surface area contributed by atoms with Crippen LogP contribution in [0.4, 0.5) is 5.69 Å². The first-order valence-electron chi connectivity index (χ1n) is 5.42. The van der Waals surface area contributed by atoms with Gasteiger partial charge >= 0.3 is 0 Å². The van der Waals surface area contributed by atoms with E-state index in [1.165, 1.54) is 23.9 Å². The number of hydrogen-bond donors (Lipinski definition) is 1. The summed E-state index contributed by atoms with van der Waals surface area (Å²) in [4.78, 5) is 11.9. The minimum atomic E-state index is -0.435. The number of nitro benzene ring substituents is 1. The fraction of sp³-hybridized carbons (Fsp3) is 0.0769. The van der Waals surface area contributed by atoms with Gasteiger partial charge in [-0.15, -0.1) is 0 Å². The first kappa shape index (κ1) is 13.9. The summed E-state index contributed by atoms with van der Waals surface area (Å²) in [6.07, 6.45) is 0. The van der Waals surface area contributed by atoms with Crippen LogP contribution in [-0.4, -0.2) is 10.0 Å². The van der Waals surface area contributed by atoms with Gasteiger partial charge in [-0.1, -0.05) is 23.4 Å². The molecule has 0 fully saturated rings. The van der Waals surface area contributed by atoms with Crippen LogP contribution in [0.2, 0.25) is 5.02 Å². The van der Waals surface area contributed by atoms with Crippen LogP contribution in [0.3, 0.4) is 0 Å². The van der Waals surface area contributed by atoms with Crippen LogP contribution in [0.15, 0.2) is 52.3 Å². The Morgan fingerprint density at radius 2 is 1.89 bits per heavy atom. The lowest BCUT2D eigenvalue weighted by atomic mass is 10.2. The molecule has 0 amide bonds. The molecule has 0 saturated heterocycles. The van der Waals surface area contributed by atoms with E-state index >= 15 is 0 Å². The standard InChI is InChI=1S/C13H10ClNO3S/c14-10-1-6-13(9(7-10)8-16)19-12-4-2-11(3-5-12)15(17)18/h1-7,16H,8H2. The van der Waals surface area contributed by atoms with E-state index in [0.29, 0.717) is 5.02 Å². The van der Waals surface area contributed by atoms with Gasteiger partial charge < -0.3 is 5.11 Å². The van der Waals surface area contributed by atoms with Crippen LogP contribution in [0, 0.1) is 10.1 Å². The second-order valence-corrected chi connectivity index (χ2v) is 5.32. The number of nitro groups is 1. The van der Waals surface area contributed by atoms with Gasteiger partial charge in [0.25, 0.3) is 5.69 Å². The van der Waals surface area contributed by atoms with E-state index in [9.17, 15) is 15.2 Å². The maximum atomic E-state index is 10.6. The molecule has 0 atom stereocenters. The van der Waals surface area contributed by atoms with E-state index < -0.39 is 4.92 Å². The molecule has 0 aliphatic rings. The van der Waals surface area contributed by atoms with Crippen molar-refractivity contribution in [2.45, 2.75) is 16.4 Å². The molecule has 2 aromatic carbocycles. The first-order chi connectivity index (χ1) is 9.10. The van der Waals surface area contributed by atoms with Crippen molar-refractivity contribution in [3.05, 3.63) is 63.2 Å². The molecule has 2 aromatic rings. The van der Waals surface area contributed by atoms with Crippen molar-refractivity contribution in [1.82, 2.24) is 0 Å². The van der Waals surface area contributed by atoms with Gasteiger partial charge in [0, 0.05) is 26.9 Å². The third-order valence-corrected chi connectivity index (χ3v) is 3.83. The van der Waals surface area contributed by atoms with Crippen LogP contribution >= 0.6 is 23.4 Å². The minimum absolute atomic E-state index is 0.0582. The van der Waals surface area contributed by atoms with Crippen LogP contribution in [0.1, 0.15) is 5.56 Å². The Bertz CT molecular complexity index is 601. The predicted octanol–water partition coefficient (Wildman–Crippen LogP) is 3.89. The molecule has 2 rings (SSSR count). The Kier molecular flexibility index (Phi) is 4.42. The highest BCUT2D eigenvalue weighted by Gasteiger charge is 2.07. The number of benzene rings is 2. The molecule has 1 N–H and O–H groups in total. The van der Waals surface area contributed by atoms with Crippen molar-refractivity contribution in [2.24, 2.45) is 0 Å². The molecule has 0 spiro atoms. The summed E-state index contributed by atoms with van der Waals surface area (Å²) in [6, 6.07) is 11.5. The summed E-state index contributed by atoms with van der Waals surface area (Å²) in [5, 5.41) is 20.4. The molecule has 0 aliphatic carbocycles. The molecule has 0 bridgehead atoms. The molecule has 0 saturated carbocycles. The molecule has 98 valence electrons. The second-order valence-electron chi connectivity index (χ2n) is 3.76. The number of non-ortho nitro benzene ring substituents is 1. The number of aliphatic hydroxyl groups is 1. The third-order valence-electron chi connectivity index (χ3n) is 2.47. The molecule has 0 radical (unpaired) electrons. The molecular weight excluding hydrogens is 286 g/mol. The lowest BCUT2D eigenvalue weighted by molar-refractivity contribution is -0.384. The van der Waals surface area contributed by atoms with Gasteiger partial charge in [-0.25, -0.2) is 0 Å². The Morgan fingerprint density at radius 1 is 1.21 bits per heavy atom. The highest BCUT2D eigenvalue weighted by atomic mass is 35.5. The first-order valence-corrected chi connectivity index (χ1v) is 6.61. The van der Waals surface area contributed by atoms with Gasteiger partial charge in [0.05, 0.1) is 11.5 Å². The Balaban J connectivity index is 2.23. The quantitative estimate of drug-likeness (QED) is 0.686. The van der Waals surface area contributed by atoms with E-state index in [2.05, 4.69) is 0 Å². The lowest BCUT2D eigenvalue weighted by Gasteiger charge is -2.07. The molecule has 0 unspecified atom stereocenters.